The molecule has 2 amide bonds. The zero-order valence-corrected chi connectivity index (χ0v) is 17.3. The molecule has 1 atom stereocenters. The van der Waals surface area contributed by atoms with Gasteiger partial charge in [0.05, 0.1) is 5.69 Å². The van der Waals surface area contributed by atoms with Gasteiger partial charge in [0.2, 0.25) is 5.91 Å². The van der Waals surface area contributed by atoms with E-state index in [0.29, 0.717) is 31.0 Å². The molecule has 158 valence electrons. The summed E-state index contributed by atoms with van der Waals surface area (Å²) < 4.78 is 1.88. The van der Waals surface area contributed by atoms with Crippen LogP contribution in [0.15, 0.2) is 59.9 Å². The van der Waals surface area contributed by atoms with E-state index in [0.717, 1.165) is 23.9 Å². The van der Waals surface area contributed by atoms with Crippen LogP contribution in [-0.4, -0.2) is 57.7 Å². The summed E-state index contributed by atoms with van der Waals surface area (Å²) in [6.45, 7) is 3.46. The zero-order valence-electron chi connectivity index (χ0n) is 17.3. The van der Waals surface area contributed by atoms with Crippen molar-refractivity contribution in [2.24, 2.45) is 10.9 Å². The maximum Gasteiger partial charge on any atom is 0.270 e. The third kappa shape index (κ3) is 4.23. The molecular weight excluding hydrogens is 392 g/mol. The number of anilines is 1. The average molecular weight is 416 g/mol. The van der Waals surface area contributed by atoms with E-state index in [4.69, 9.17) is 5.41 Å². The number of aliphatic imine (C=N–C) groups is 1. The number of rotatable bonds is 7. The Balaban J connectivity index is 1.56. The number of nitrogens with zero attached hydrogens (tertiary/aromatic N) is 4. The summed E-state index contributed by atoms with van der Waals surface area (Å²) in [5, 5.41) is 10.5. The first kappa shape index (κ1) is 20.5. The molecule has 8 nitrogen and oxygen atoms in total. The van der Waals surface area contributed by atoms with Crippen LogP contribution >= 0.6 is 0 Å². The first-order valence-electron chi connectivity index (χ1n) is 10.3. The van der Waals surface area contributed by atoms with Gasteiger partial charge in [0, 0.05) is 55.6 Å². The Kier molecular flexibility index (Phi) is 5.88. The minimum absolute atomic E-state index is 0.0580. The maximum absolute atomic E-state index is 13.0. The number of imidazole rings is 1. The molecule has 1 unspecified atom stereocenters. The van der Waals surface area contributed by atoms with Crippen LogP contribution in [0.1, 0.15) is 13.3 Å². The molecule has 2 aromatic heterocycles. The number of benzene rings is 1. The van der Waals surface area contributed by atoms with E-state index < -0.39 is 11.8 Å². The molecular formula is C23H24N6O2. The Bertz CT molecular complexity index is 1150. The molecule has 3 aromatic rings. The van der Waals surface area contributed by atoms with Gasteiger partial charge in [0.1, 0.15) is 17.3 Å². The normalized spacial score (nSPS) is 14.7. The third-order valence-corrected chi connectivity index (χ3v) is 5.24. The maximum atomic E-state index is 13.0. The highest BCUT2D eigenvalue weighted by molar-refractivity contribution is 6.49. The summed E-state index contributed by atoms with van der Waals surface area (Å²) in [7, 11) is 0. The van der Waals surface area contributed by atoms with E-state index in [-0.39, 0.29) is 11.6 Å². The van der Waals surface area contributed by atoms with E-state index in [1.165, 1.54) is 0 Å². The highest BCUT2D eigenvalue weighted by Crippen LogP contribution is 2.21. The zero-order chi connectivity index (χ0) is 21.8. The molecule has 4 rings (SSSR count). The van der Waals surface area contributed by atoms with E-state index in [2.05, 4.69) is 15.3 Å². The standard InChI is InChI=1S/C23H24N6O2/c1-2-25-21(18(14-24)23(31)28-10-6-11-28)22(30)26-17-9-12-29-15-19(27-20(29)13-17)16-7-4-3-5-8-16/h3-5,7-9,12-15,18,24H,2,6,10-11H2,1H3,(H,26,30). The minimum atomic E-state index is -0.972. The predicted octanol–water partition coefficient (Wildman–Crippen LogP) is 2.90. The van der Waals surface area contributed by atoms with E-state index >= 15 is 0 Å². The second-order valence-corrected chi connectivity index (χ2v) is 7.31. The molecule has 0 spiro atoms. The van der Waals surface area contributed by atoms with Gasteiger partial charge >= 0.3 is 0 Å². The number of carbonyl (C=O) groups is 2. The van der Waals surface area contributed by atoms with Gasteiger partial charge in [-0.05, 0) is 19.4 Å². The first-order valence-corrected chi connectivity index (χ1v) is 10.3. The van der Waals surface area contributed by atoms with Crippen molar-refractivity contribution in [1.29, 1.82) is 5.41 Å². The van der Waals surface area contributed by atoms with E-state index in [1.807, 2.05) is 47.1 Å². The second-order valence-electron chi connectivity index (χ2n) is 7.31. The van der Waals surface area contributed by atoms with Crippen molar-refractivity contribution in [1.82, 2.24) is 14.3 Å². The summed E-state index contributed by atoms with van der Waals surface area (Å²) in [5.74, 6) is -1.71. The van der Waals surface area contributed by atoms with Gasteiger partial charge < -0.3 is 20.0 Å². The summed E-state index contributed by atoms with van der Waals surface area (Å²) in [4.78, 5) is 36.1. The molecule has 0 bridgehead atoms. The molecule has 8 heteroatoms. The monoisotopic (exact) mass is 416 g/mol. The minimum Gasteiger partial charge on any atom is -0.342 e. The fourth-order valence-electron chi connectivity index (χ4n) is 3.49. The van der Waals surface area contributed by atoms with Crippen molar-refractivity contribution in [2.75, 3.05) is 25.0 Å². The lowest BCUT2D eigenvalue weighted by molar-refractivity contribution is -0.135. The van der Waals surface area contributed by atoms with Crippen molar-refractivity contribution < 1.29 is 9.59 Å². The molecule has 0 radical (unpaired) electrons. The van der Waals surface area contributed by atoms with E-state index in [1.54, 1.807) is 24.0 Å². The van der Waals surface area contributed by atoms with Crippen LogP contribution in [0.25, 0.3) is 16.9 Å². The number of aromatic nitrogens is 2. The van der Waals surface area contributed by atoms with Crippen molar-refractivity contribution in [3.63, 3.8) is 0 Å². The van der Waals surface area contributed by atoms with Crippen LogP contribution < -0.4 is 5.32 Å². The lowest BCUT2D eigenvalue weighted by Crippen LogP contribution is -2.49. The number of pyridine rings is 1. The average Bonchev–Trinajstić information content (AvgIpc) is 3.16. The molecule has 2 N–H and O–H groups in total. The molecule has 1 saturated heterocycles. The number of carbonyl (C=O) groups excluding carboxylic acids is 2. The molecule has 0 saturated carbocycles. The summed E-state index contributed by atoms with van der Waals surface area (Å²) in [6, 6.07) is 13.4. The van der Waals surface area contributed by atoms with Gasteiger partial charge in [-0.2, -0.15) is 0 Å². The van der Waals surface area contributed by atoms with Crippen LogP contribution in [0.3, 0.4) is 0 Å². The van der Waals surface area contributed by atoms with Gasteiger partial charge in [0.15, 0.2) is 0 Å². The number of nitrogens with one attached hydrogen (secondary N) is 2. The summed E-state index contributed by atoms with van der Waals surface area (Å²) in [5.41, 5.74) is 3.13. The Morgan fingerprint density at radius 2 is 2.03 bits per heavy atom. The molecule has 1 aliphatic rings. The summed E-state index contributed by atoms with van der Waals surface area (Å²) >= 11 is 0. The highest BCUT2D eigenvalue weighted by Gasteiger charge is 2.33. The largest absolute Gasteiger partial charge is 0.342 e. The summed E-state index contributed by atoms with van der Waals surface area (Å²) in [6.07, 6.45) is 5.69. The smallest absolute Gasteiger partial charge is 0.270 e. The Labute approximate surface area is 180 Å². The lowest BCUT2D eigenvalue weighted by atomic mass is 9.99. The van der Waals surface area contributed by atoms with Crippen LogP contribution in [0.4, 0.5) is 5.69 Å². The van der Waals surface area contributed by atoms with Gasteiger partial charge in [0.25, 0.3) is 5.91 Å². The second kappa shape index (κ2) is 8.91. The first-order chi connectivity index (χ1) is 15.1. The molecule has 1 aliphatic heterocycles. The molecule has 0 aliphatic carbocycles. The van der Waals surface area contributed by atoms with Gasteiger partial charge in [-0.15, -0.1) is 0 Å². The van der Waals surface area contributed by atoms with Crippen molar-refractivity contribution in [3.8, 4) is 11.3 Å². The number of likely N-dealkylation sites (tertiary alicyclic amines) is 1. The van der Waals surface area contributed by atoms with Crippen LogP contribution in [-0.2, 0) is 9.59 Å². The Hall–Kier alpha value is -3.81. The molecule has 3 heterocycles. The van der Waals surface area contributed by atoms with Crippen molar-refractivity contribution >= 4 is 35.1 Å². The van der Waals surface area contributed by atoms with Crippen LogP contribution in [0, 0.1) is 11.3 Å². The fourth-order valence-corrected chi connectivity index (χ4v) is 3.49. The fraction of sp³-hybridized carbons (Fsp3) is 0.261. The van der Waals surface area contributed by atoms with Gasteiger partial charge in [-0.1, -0.05) is 30.3 Å². The molecule has 1 aromatic carbocycles. The highest BCUT2D eigenvalue weighted by atomic mass is 16.2. The van der Waals surface area contributed by atoms with E-state index in [9.17, 15) is 9.59 Å². The van der Waals surface area contributed by atoms with Crippen LogP contribution in [0.5, 0.6) is 0 Å². The Morgan fingerprint density at radius 3 is 2.68 bits per heavy atom. The number of fused-ring (bicyclic) bond motifs is 1. The SMILES string of the molecule is CCN=C(C(=O)Nc1ccn2cc(-c3ccccc3)nc2c1)C(C=N)C(=O)N1CCC1. The Morgan fingerprint density at radius 1 is 1.26 bits per heavy atom. The van der Waals surface area contributed by atoms with Gasteiger partial charge in [-0.3, -0.25) is 14.6 Å². The van der Waals surface area contributed by atoms with Gasteiger partial charge in [-0.25, -0.2) is 4.98 Å². The number of hydrogen-bond acceptors (Lipinski definition) is 5. The molecule has 1 fully saturated rings. The third-order valence-electron chi connectivity index (χ3n) is 5.24. The van der Waals surface area contributed by atoms with Crippen molar-refractivity contribution in [3.05, 3.63) is 54.9 Å². The topological polar surface area (TPSA) is 103 Å². The lowest BCUT2D eigenvalue weighted by Gasteiger charge is -2.33. The number of hydrogen-bond donors (Lipinski definition) is 2. The quantitative estimate of drug-likeness (QED) is 0.579. The van der Waals surface area contributed by atoms with Crippen LogP contribution in [0.2, 0.25) is 0 Å². The van der Waals surface area contributed by atoms with Crippen molar-refractivity contribution in [2.45, 2.75) is 13.3 Å². The molecule has 31 heavy (non-hydrogen) atoms. The predicted molar refractivity (Wildman–Crippen MR) is 121 cm³/mol. The number of amides is 2.